The molecule has 2 atom stereocenters. The summed E-state index contributed by atoms with van der Waals surface area (Å²) >= 11 is 0. The van der Waals surface area contributed by atoms with Gasteiger partial charge in [0.15, 0.2) is 0 Å². The first-order chi connectivity index (χ1) is 16.0. The van der Waals surface area contributed by atoms with Crippen molar-refractivity contribution in [2.24, 2.45) is 0 Å². The van der Waals surface area contributed by atoms with Gasteiger partial charge in [0.05, 0.1) is 12.8 Å². The molecule has 1 aliphatic heterocycles. The number of aromatic nitrogens is 4. The highest BCUT2D eigenvalue weighted by Gasteiger charge is 2.40. The van der Waals surface area contributed by atoms with Crippen LogP contribution in [-0.2, 0) is 4.79 Å². The van der Waals surface area contributed by atoms with Crippen molar-refractivity contribution in [3.63, 3.8) is 0 Å². The lowest BCUT2D eigenvalue weighted by atomic mass is 9.93. The van der Waals surface area contributed by atoms with Crippen molar-refractivity contribution < 1.29 is 22.7 Å². The molecular formula is C22H18F2N6O3. The number of benzene rings is 2. The summed E-state index contributed by atoms with van der Waals surface area (Å²) in [6.45, 7) is 0.0482. The van der Waals surface area contributed by atoms with E-state index in [1.807, 2.05) is 24.4 Å². The zero-order chi connectivity index (χ0) is 22.9. The molecule has 33 heavy (non-hydrogen) atoms. The minimum atomic E-state index is -1.00. The average Bonchev–Trinajstić information content (AvgIpc) is 3.57. The number of methoxy groups -OCH3 is 1. The van der Waals surface area contributed by atoms with Gasteiger partial charge >= 0.3 is 6.01 Å². The van der Waals surface area contributed by atoms with E-state index >= 15 is 0 Å². The predicted octanol–water partition coefficient (Wildman–Crippen LogP) is 2.90. The van der Waals surface area contributed by atoms with Crippen LogP contribution >= 0.6 is 0 Å². The summed E-state index contributed by atoms with van der Waals surface area (Å²) < 4.78 is 41.5. The molecule has 4 aromatic rings. The first-order valence-electron chi connectivity index (χ1n) is 10.0. The Labute approximate surface area is 186 Å². The van der Waals surface area contributed by atoms with E-state index in [0.717, 1.165) is 17.8 Å². The number of halogens is 2. The molecule has 0 aliphatic carbocycles. The Morgan fingerprint density at radius 3 is 2.61 bits per heavy atom. The summed E-state index contributed by atoms with van der Waals surface area (Å²) in [6.07, 6.45) is 3.50. The Balaban J connectivity index is 1.36. The summed E-state index contributed by atoms with van der Waals surface area (Å²) in [4.78, 5) is 12.4. The van der Waals surface area contributed by atoms with Crippen LogP contribution in [-0.4, -0.2) is 45.6 Å². The van der Waals surface area contributed by atoms with Crippen LogP contribution in [0.25, 0.3) is 17.1 Å². The maximum atomic E-state index is 14.6. The van der Waals surface area contributed by atoms with Gasteiger partial charge in [0.25, 0.3) is 0 Å². The second-order valence-corrected chi connectivity index (χ2v) is 7.39. The standard InChI is InChI=1S/C22H18F2N6O3/c1-32-14-9-16(23)18(17(24)10-14)15-11-25-20(31)19(15)27-22-29-28-21(33-22)12-3-5-13(6-4-12)30-8-2-7-26-30/h2-10,15,19H,11H2,1H3,(H,25,31)(H,27,29). The third-order valence-electron chi connectivity index (χ3n) is 5.43. The van der Waals surface area contributed by atoms with Crippen LogP contribution in [0, 0.1) is 11.6 Å². The van der Waals surface area contributed by atoms with Crippen LogP contribution in [0.2, 0.25) is 0 Å². The van der Waals surface area contributed by atoms with Gasteiger partial charge in [0.2, 0.25) is 11.8 Å². The van der Waals surface area contributed by atoms with Gasteiger partial charge in [-0.25, -0.2) is 13.5 Å². The second kappa shape index (κ2) is 8.34. The molecule has 1 aliphatic rings. The van der Waals surface area contributed by atoms with Crippen molar-refractivity contribution >= 4 is 11.9 Å². The zero-order valence-electron chi connectivity index (χ0n) is 17.3. The van der Waals surface area contributed by atoms with Crippen molar-refractivity contribution in [1.29, 1.82) is 0 Å². The average molecular weight is 452 g/mol. The van der Waals surface area contributed by atoms with Crippen LogP contribution in [0.5, 0.6) is 5.75 Å². The molecule has 0 radical (unpaired) electrons. The molecule has 0 spiro atoms. The largest absolute Gasteiger partial charge is 0.497 e. The summed E-state index contributed by atoms with van der Waals surface area (Å²) in [5.41, 5.74) is 1.29. The number of anilines is 1. The quantitative estimate of drug-likeness (QED) is 0.463. The van der Waals surface area contributed by atoms with Crippen molar-refractivity contribution in [3.8, 4) is 22.9 Å². The smallest absolute Gasteiger partial charge is 0.316 e. The molecule has 3 heterocycles. The van der Waals surface area contributed by atoms with Crippen LogP contribution < -0.4 is 15.4 Å². The van der Waals surface area contributed by atoms with Crippen LogP contribution in [0.3, 0.4) is 0 Å². The Kier molecular flexibility index (Phi) is 5.21. The highest BCUT2D eigenvalue weighted by Crippen LogP contribution is 2.33. The summed E-state index contributed by atoms with van der Waals surface area (Å²) in [6, 6.07) is 10.2. The van der Waals surface area contributed by atoms with E-state index in [1.165, 1.54) is 7.11 Å². The Morgan fingerprint density at radius 1 is 1.18 bits per heavy atom. The topological polar surface area (TPSA) is 107 Å². The molecule has 1 amide bonds. The first kappa shape index (κ1) is 20.6. The van der Waals surface area contributed by atoms with Gasteiger partial charge < -0.3 is 19.8 Å². The third kappa shape index (κ3) is 3.88. The monoisotopic (exact) mass is 452 g/mol. The van der Waals surface area contributed by atoms with Crippen molar-refractivity contribution in [2.45, 2.75) is 12.0 Å². The van der Waals surface area contributed by atoms with Gasteiger partial charge in [-0.3, -0.25) is 4.79 Å². The fraction of sp³-hybridized carbons (Fsp3) is 0.182. The Morgan fingerprint density at radius 2 is 1.94 bits per heavy atom. The Hall–Kier alpha value is -4.28. The highest BCUT2D eigenvalue weighted by molar-refractivity contribution is 5.88. The molecule has 2 unspecified atom stereocenters. The molecule has 0 saturated carbocycles. The number of amides is 1. The van der Waals surface area contributed by atoms with Gasteiger partial charge in [-0.15, -0.1) is 5.10 Å². The third-order valence-corrected chi connectivity index (χ3v) is 5.43. The SMILES string of the molecule is COc1cc(F)c(C2CNC(=O)C2Nc2nnc(-c3ccc(-n4cccn4)cc3)o2)c(F)c1. The number of carbonyl (C=O) groups is 1. The van der Waals surface area contributed by atoms with Crippen molar-refractivity contribution in [1.82, 2.24) is 25.3 Å². The summed E-state index contributed by atoms with van der Waals surface area (Å²) in [5.74, 6) is -2.59. The van der Waals surface area contributed by atoms with Crippen molar-refractivity contribution in [3.05, 3.63) is 72.1 Å². The van der Waals surface area contributed by atoms with Gasteiger partial charge in [-0.05, 0) is 30.3 Å². The lowest BCUT2D eigenvalue weighted by molar-refractivity contribution is -0.119. The molecule has 1 saturated heterocycles. The normalized spacial score (nSPS) is 17.7. The highest BCUT2D eigenvalue weighted by atomic mass is 19.1. The number of rotatable bonds is 6. The number of nitrogens with zero attached hydrogens (tertiary/aromatic N) is 4. The van der Waals surface area contributed by atoms with Gasteiger partial charge in [0, 0.05) is 48.1 Å². The van der Waals surface area contributed by atoms with E-state index in [1.54, 1.807) is 23.0 Å². The van der Waals surface area contributed by atoms with E-state index in [0.29, 0.717) is 5.56 Å². The van der Waals surface area contributed by atoms with E-state index in [2.05, 4.69) is 25.9 Å². The second-order valence-electron chi connectivity index (χ2n) is 7.39. The van der Waals surface area contributed by atoms with Crippen LogP contribution in [0.15, 0.2) is 59.3 Å². The lowest BCUT2D eigenvalue weighted by Gasteiger charge is -2.19. The first-order valence-corrected chi connectivity index (χ1v) is 10.0. The number of nitrogens with one attached hydrogen (secondary N) is 2. The molecule has 168 valence electrons. The maximum Gasteiger partial charge on any atom is 0.316 e. The molecule has 5 rings (SSSR count). The fourth-order valence-corrected chi connectivity index (χ4v) is 3.80. The molecule has 1 fully saturated rings. The maximum absolute atomic E-state index is 14.6. The molecule has 9 nitrogen and oxygen atoms in total. The van der Waals surface area contributed by atoms with Gasteiger partial charge in [-0.2, -0.15) is 5.10 Å². The van der Waals surface area contributed by atoms with E-state index in [4.69, 9.17) is 9.15 Å². The van der Waals surface area contributed by atoms with E-state index < -0.39 is 29.5 Å². The fourth-order valence-electron chi connectivity index (χ4n) is 3.80. The number of hydrogen-bond donors (Lipinski definition) is 2. The summed E-state index contributed by atoms with van der Waals surface area (Å²) in [5, 5.41) is 17.5. The lowest BCUT2D eigenvalue weighted by Crippen LogP contribution is -2.33. The molecule has 2 aromatic heterocycles. The predicted molar refractivity (Wildman–Crippen MR) is 113 cm³/mol. The molecule has 11 heteroatoms. The minimum absolute atomic E-state index is 0.0393. The van der Waals surface area contributed by atoms with Crippen LogP contribution in [0.4, 0.5) is 14.8 Å². The number of ether oxygens (including phenoxy) is 1. The molecule has 2 aromatic carbocycles. The number of carbonyl (C=O) groups excluding carboxylic acids is 1. The summed E-state index contributed by atoms with van der Waals surface area (Å²) in [7, 11) is 1.32. The van der Waals surface area contributed by atoms with E-state index in [9.17, 15) is 13.6 Å². The van der Waals surface area contributed by atoms with Crippen LogP contribution in [0.1, 0.15) is 11.5 Å². The van der Waals surface area contributed by atoms with Gasteiger partial charge in [0.1, 0.15) is 23.4 Å². The van der Waals surface area contributed by atoms with E-state index in [-0.39, 0.29) is 29.8 Å². The van der Waals surface area contributed by atoms with Gasteiger partial charge in [-0.1, -0.05) is 5.10 Å². The molecule has 2 N–H and O–H groups in total. The number of hydrogen-bond acceptors (Lipinski definition) is 7. The minimum Gasteiger partial charge on any atom is -0.497 e. The Bertz CT molecular complexity index is 1270. The van der Waals surface area contributed by atoms with Crippen molar-refractivity contribution in [2.75, 3.05) is 19.0 Å². The zero-order valence-corrected chi connectivity index (χ0v) is 17.3. The molecular weight excluding hydrogens is 434 g/mol. The molecule has 0 bridgehead atoms.